The summed E-state index contributed by atoms with van der Waals surface area (Å²) in [5.41, 5.74) is 3.64. The number of hydrogen-bond acceptors (Lipinski definition) is 3. The topological polar surface area (TPSA) is 48.9 Å². The number of nitrogens with zero attached hydrogens (tertiary/aromatic N) is 2. The molecular formula is C21H26N4O. The van der Waals surface area contributed by atoms with Crippen LogP contribution in [0.5, 0.6) is 5.75 Å². The Balaban J connectivity index is 1.49. The van der Waals surface area contributed by atoms with Crippen molar-refractivity contribution in [3.05, 3.63) is 71.8 Å². The maximum atomic E-state index is 5.26. The maximum Gasteiger partial charge on any atom is 0.191 e. The molecule has 136 valence electrons. The Morgan fingerprint density at radius 3 is 2.35 bits per heavy atom. The summed E-state index contributed by atoms with van der Waals surface area (Å²) in [6.07, 6.45) is 4.40. The van der Waals surface area contributed by atoms with E-state index in [1.165, 1.54) is 11.3 Å². The van der Waals surface area contributed by atoms with Gasteiger partial charge in [-0.1, -0.05) is 36.4 Å². The van der Waals surface area contributed by atoms with E-state index in [0.29, 0.717) is 6.54 Å². The van der Waals surface area contributed by atoms with Gasteiger partial charge in [-0.15, -0.1) is 0 Å². The zero-order chi connectivity index (χ0) is 18.2. The summed E-state index contributed by atoms with van der Waals surface area (Å²) in [4.78, 5) is 6.63. The fraction of sp³-hybridized carbons (Fsp3) is 0.286. The third kappa shape index (κ3) is 4.79. The molecule has 2 aromatic carbocycles. The maximum absolute atomic E-state index is 5.26. The predicted molar refractivity (Wildman–Crippen MR) is 108 cm³/mol. The van der Waals surface area contributed by atoms with Crippen molar-refractivity contribution < 1.29 is 4.74 Å². The van der Waals surface area contributed by atoms with E-state index < -0.39 is 0 Å². The summed E-state index contributed by atoms with van der Waals surface area (Å²) < 4.78 is 5.26. The lowest BCUT2D eigenvalue weighted by atomic mass is 10.2. The average molecular weight is 350 g/mol. The fourth-order valence-corrected chi connectivity index (χ4v) is 2.89. The molecule has 0 saturated carbocycles. The van der Waals surface area contributed by atoms with Crippen LogP contribution in [0.1, 0.15) is 11.1 Å². The van der Waals surface area contributed by atoms with Gasteiger partial charge in [0.1, 0.15) is 5.75 Å². The lowest BCUT2D eigenvalue weighted by Crippen LogP contribution is -2.36. The van der Waals surface area contributed by atoms with Crippen molar-refractivity contribution in [3.63, 3.8) is 0 Å². The smallest absolute Gasteiger partial charge is 0.191 e. The largest absolute Gasteiger partial charge is 0.497 e. The van der Waals surface area contributed by atoms with Crippen molar-refractivity contribution in [1.82, 2.24) is 10.6 Å². The Labute approximate surface area is 155 Å². The lowest BCUT2D eigenvalue weighted by Gasteiger charge is -2.18. The van der Waals surface area contributed by atoms with Gasteiger partial charge in [-0.05, 0) is 35.4 Å². The molecule has 26 heavy (non-hydrogen) atoms. The Morgan fingerprint density at radius 2 is 1.69 bits per heavy atom. The molecular weight excluding hydrogens is 324 g/mol. The molecule has 0 fully saturated rings. The molecule has 0 atom stereocenters. The van der Waals surface area contributed by atoms with E-state index >= 15 is 0 Å². The van der Waals surface area contributed by atoms with Crippen molar-refractivity contribution >= 4 is 11.6 Å². The molecule has 2 aromatic rings. The van der Waals surface area contributed by atoms with E-state index in [-0.39, 0.29) is 0 Å². The molecule has 5 heteroatoms. The Bertz CT molecular complexity index is 760. The van der Waals surface area contributed by atoms with Crippen LogP contribution >= 0.6 is 0 Å². The first-order valence-corrected chi connectivity index (χ1v) is 8.85. The summed E-state index contributed by atoms with van der Waals surface area (Å²) in [6.45, 7) is 3.42. The summed E-state index contributed by atoms with van der Waals surface area (Å²) in [6, 6.07) is 16.7. The van der Waals surface area contributed by atoms with Gasteiger partial charge >= 0.3 is 0 Å². The van der Waals surface area contributed by atoms with Crippen LogP contribution in [-0.4, -0.2) is 33.2 Å². The summed E-state index contributed by atoms with van der Waals surface area (Å²) >= 11 is 0. The van der Waals surface area contributed by atoms with Crippen molar-refractivity contribution in [3.8, 4) is 5.75 Å². The third-order valence-corrected chi connectivity index (χ3v) is 4.40. The molecule has 3 rings (SSSR count). The zero-order valence-corrected chi connectivity index (χ0v) is 15.4. The predicted octanol–water partition coefficient (Wildman–Crippen LogP) is 2.94. The van der Waals surface area contributed by atoms with E-state index in [2.05, 4.69) is 63.0 Å². The number of ether oxygens (including phenoxy) is 1. The minimum Gasteiger partial charge on any atom is -0.497 e. The van der Waals surface area contributed by atoms with Crippen molar-refractivity contribution in [2.24, 2.45) is 4.99 Å². The highest BCUT2D eigenvalue weighted by Crippen LogP contribution is 2.17. The molecule has 1 aliphatic rings. The number of nitrogens with one attached hydrogen (secondary N) is 2. The van der Waals surface area contributed by atoms with Gasteiger partial charge in [-0.25, -0.2) is 0 Å². The molecule has 0 aromatic heterocycles. The highest BCUT2D eigenvalue weighted by molar-refractivity contribution is 5.79. The Hall–Kier alpha value is -2.95. The van der Waals surface area contributed by atoms with Crippen molar-refractivity contribution in [2.45, 2.75) is 13.1 Å². The summed E-state index contributed by atoms with van der Waals surface area (Å²) in [5.74, 6) is 1.64. The Kier molecular flexibility index (Phi) is 6.14. The number of guanidine groups is 1. The minimum absolute atomic E-state index is 0.692. The first-order valence-electron chi connectivity index (χ1n) is 8.85. The quantitative estimate of drug-likeness (QED) is 0.478. The number of rotatable bonds is 6. The normalized spacial score (nSPS) is 13.8. The van der Waals surface area contributed by atoms with E-state index in [1.54, 1.807) is 14.2 Å². The molecule has 0 unspecified atom stereocenters. The number of methoxy groups -OCH3 is 1. The average Bonchev–Trinajstić information content (AvgIpc) is 3.23. The monoisotopic (exact) mass is 350 g/mol. The van der Waals surface area contributed by atoms with Crippen LogP contribution in [0.15, 0.2) is 65.7 Å². The van der Waals surface area contributed by atoms with Crippen LogP contribution < -0.4 is 20.3 Å². The number of aliphatic imine (C=N–C) groups is 1. The van der Waals surface area contributed by atoms with E-state index in [4.69, 9.17) is 4.74 Å². The molecule has 2 N–H and O–H groups in total. The van der Waals surface area contributed by atoms with Gasteiger partial charge in [0.2, 0.25) is 0 Å². The van der Waals surface area contributed by atoms with Crippen LogP contribution in [0.4, 0.5) is 5.69 Å². The fourth-order valence-electron chi connectivity index (χ4n) is 2.89. The summed E-state index contributed by atoms with van der Waals surface area (Å²) in [7, 11) is 3.46. The van der Waals surface area contributed by atoms with Crippen LogP contribution in [0.2, 0.25) is 0 Å². The van der Waals surface area contributed by atoms with Gasteiger partial charge in [0.05, 0.1) is 7.11 Å². The molecule has 0 bridgehead atoms. The lowest BCUT2D eigenvalue weighted by molar-refractivity contribution is 0.414. The van der Waals surface area contributed by atoms with E-state index in [9.17, 15) is 0 Å². The van der Waals surface area contributed by atoms with Gasteiger partial charge in [0.25, 0.3) is 0 Å². The minimum atomic E-state index is 0.692. The molecule has 0 aliphatic carbocycles. The van der Waals surface area contributed by atoms with Crippen molar-refractivity contribution in [2.75, 3.05) is 32.1 Å². The van der Waals surface area contributed by atoms with Gasteiger partial charge in [0, 0.05) is 38.9 Å². The second-order valence-corrected chi connectivity index (χ2v) is 6.17. The summed E-state index contributed by atoms with van der Waals surface area (Å²) in [5, 5.41) is 6.69. The van der Waals surface area contributed by atoms with Gasteiger partial charge < -0.3 is 20.3 Å². The standard InChI is InChI=1S/C21H26N4O/c1-22-21(24-16-18-6-5-7-20(14-18)26-2)23-15-17-8-10-19(11-9-17)25-12-3-4-13-25/h3-11,14H,12-13,15-16H2,1-2H3,(H2,22,23,24). The number of benzene rings is 2. The molecule has 0 amide bonds. The Morgan fingerprint density at radius 1 is 1.00 bits per heavy atom. The first-order chi connectivity index (χ1) is 12.8. The molecule has 1 aliphatic heterocycles. The van der Waals surface area contributed by atoms with Gasteiger partial charge in [0.15, 0.2) is 5.96 Å². The molecule has 5 nitrogen and oxygen atoms in total. The van der Waals surface area contributed by atoms with Crippen LogP contribution in [-0.2, 0) is 13.1 Å². The molecule has 1 heterocycles. The van der Waals surface area contributed by atoms with Gasteiger partial charge in [-0.2, -0.15) is 0 Å². The van der Waals surface area contributed by atoms with Gasteiger partial charge in [-0.3, -0.25) is 4.99 Å². The van der Waals surface area contributed by atoms with Crippen LogP contribution in [0, 0.1) is 0 Å². The number of hydrogen-bond donors (Lipinski definition) is 2. The van der Waals surface area contributed by atoms with Crippen LogP contribution in [0.25, 0.3) is 0 Å². The van der Waals surface area contributed by atoms with E-state index in [1.807, 2.05) is 18.2 Å². The number of anilines is 1. The van der Waals surface area contributed by atoms with Crippen molar-refractivity contribution in [1.29, 1.82) is 0 Å². The third-order valence-electron chi connectivity index (χ3n) is 4.40. The first kappa shape index (κ1) is 17.9. The van der Waals surface area contributed by atoms with Crippen LogP contribution in [0.3, 0.4) is 0 Å². The highest BCUT2D eigenvalue weighted by Gasteiger charge is 2.07. The molecule has 0 spiro atoms. The molecule has 0 radical (unpaired) electrons. The second-order valence-electron chi connectivity index (χ2n) is 6.17. The second kappa shape index (κ2) is 8.94. The molecule has 0 saturated heterocycles. The van der Waals surface area contributed by atoms with E-state index in [0.717, 1.165) is 36.9 Å². The zero-order valence-electron chi connectivity index (χ0n) is 15.4. The highest BCUT2D eigenvalue weighted by atomic mass is 16.5. The SMILES string of the molecule is CN=C(NCc1ccc(N2CC=CC2)cc1)NCc1cccc(OC)c1.